The van der Waals surface area contributed by atoms with Crippen molar-refractivity contribution in [1.29, 1.82) is 0 Å². The van der Waals surface area contributed by atoms with Gasteiger partial charge in [-0.25, -0.2) is 0 Å². The Balaban J connectivity index is 2.76. The Kier molecular flexibility index (Phi) is 2.73. The molecule has 11 heavy (non-hydrogen) atoms. The van der Waals surface area contributed by atoms with E-state index in [1.807, 2.05) is 14.2 Å². The lowest BCUT2D eigenvalue weighted by Gasteiger charge is -2.32. The molecule has 66 valence electrons. The Morgan fingerprint density at radius 3 is 1.91 bits per heavy atom. The minimum Gasteiger partial charge on any atom is -0.406 e. The van der Waals surface area contributed by atoms with Gasteiger partial charge in [0, 0.05) is 7.11 Å². The molecule has 0 bridgehead atoms. The van der Waals surface area contributed by atoms with Crippen molar-refractivity contribution in [2.75, 3.05) is 14.2 Å². The van der Waals surface area contributed by atoms with Gasteiger partial charge < -0.3 is 9.41 Å². The van der Waals surface area contributed by atoms with Gasteiger partial charge in [-0.1, -0.05) is 13.8 Å². The lowest BCUT2D eigenvalue weighted by molar-refractivity contribution is 0.369. The lowest BCUT2D eigenvalue weighted by atomic mass is 10.2. The average molecular weight is 173 g/mol. The van der Waals surface area contributed by atoms with E-state index < -0.39 is 8.48 Å². The zero-order chi connectivity index (χ0) is 8.48. The molecule has 0 spiro atoms. The Morgan fingerprint density at radius 2 is 1.73 bits per heavy atom. The summed E-state index contributed by atoms with van der Waals surface area (Å²) in [6.07, 6.45) is 2.67. The maximum atomic E-state index is 5.70. The topological polar surface area (TPSA) is 21.3 Å². The van der Waals surface area contributed by atoms with E-state index in [1.165, 1.54) is 12.8 Å². The molecular formula is C8H19NOSi. The van der Waals surface area contributed by atoms with Gasteiger partial charge in [0.2, 0.25) is 0 Å². The molecular weight excluding hydrogens is 154 g/mol. The summed E-state index contributed by atoms with van der Waals surface area (Å²) in [4.78, 5) is 3.44. The van der Waals surface area contributed by atoms with Crippen molar-refractivity contribution in [3.05, 3.63) is 0 Å². The zero-order valence-corrected chi connectivity index (χ0v) is 8.98. The van der Waals surface area contributed by atoms with Gasteiger partial charge in [-0.2, -0.15) is 0 Å². The second-order valence-corrected chi connectivity index (χ2v) is 8.09. The first-order valence-electron chi connectivity index (χ1n) is 4.41. The molecule has 1 N–H and O–H groups in total. The van der Waals surface area contributed by atoms with Crippen LogP contribution in [0.25, 0.3) is 0 Å². The van der Waals surface area contributed by atoms with E-state index in [1.54, 1.807) is 0 Å². The summed E-state index contributed by atoms with van der Waals surface area (Å²) >= 11 is 0. The van der Waals surface area contributed by atoms with E-state index in [0.717, 1.165) is 11.1 Å². The first kappa shape index (κ1) is 9.23. The highest BCUT2D eigenvalue weighted by Gasteiger charge is 2.48. The molecule has 1 aliphatic heterocycles. The van der Waals surface area contributed by atoms with E-state index in [0.29, 0.717) is 0 Å². The van der Waals surface area contributed by atoms with Crippen LogP contribution in [-0.2, 0) is 4.43 Å². The fourth-order valence-electron chi connectivity index (χ4n) is 2.41. The summed E-state index contributed by atoms with van der Waals surface area (Å²) in [5.41, 5.74) is 1.54. The van der Waals surface area contributed by atoms with Crippen molar-refractivity contribution in [2.24, 2.45) is 0 Å². The van der Waals surface area contributed by atoms with Gasteiger partial charge >= 0.3 is 0 Å². The third-order valence-corrected chi connectivity index (χ3v) is 8.19. The number of hydrogen-bond acceptors (Lipinski definition) is 2. The molecule has 1 heterocycles. The van der Waals surface area contributed by atoms with Crippen molar-refractivity contribution in [3.8, 4) is 0 Å². The highest BCUT2D eigenvalue weighted by Crippen LogP contribution is 2.44. The Morgan fingerprint density at radius 1 is 1.27 bits per heavy atom. The molecule has 3 heteroatoms. The SMILES string of the molecule is CN[Si]1(OC)C(C)CCC1C. The van der Waals surface area contributed by atoms with Crippen molar-refractivity contribution >= 4 is 8.48 Å². The van der Waals surface area contributed by atoms with Crippen LogP contribution in [0.5, 0.6) is 0 Å². The molecule has 0 radical (unpaired) electrons. The first-order valence-corrected chi connectivity index (χ1v) is 6.47. The van der Waals surface area contributed by atoms with Crippen LogP contribution in [0.2, 0.25) is 11.1 Å². The van der Waals surface area contributed by atoms with E-state index in [4.69, 9.17) is 4.43 Å². The Hall–Kier alpha value is 0.137. The summed E-state index contributed by atoms with van der Waals surface area (Å²) in [6.45, 7) is 4.63. The molecule has 2 unspecified atom stereocenters. The smallest absolute Gasteiger partial charge is 0.273 e. The van der Waals surface area contributed by atoms with Crippen LogP contribution in [0.15, 0.2) is 0 Å². The van der Waals surface area contributed by atoms with Crippen molar-refractivity contribution < 1.29 is 4.43 Å². The third-order valence-electron chi connectivity index (χ3n) is 3.23. The minimum absolute atomic E-state index is 0.771. The molecule has 0 aromatic rings. The van der Waals surface area contributed by atoms with Gasteiger partial charge in [-0.3, -0.25) is 0 Å². The maximum Gasteiger partial charge on any atom is 0.273 e. The Labute approximate surface area is 70.5 Å². The van der Waals surface area contributed by atoms with E-state index >= 15 is 0 Å². The van der Waals surface area contributed by atoms with Crippen LogP contribution >= 0.6 is 0 Å². The summed E-state index contributed by atoms with van der Waals surface area (Å²) in [6, 6.07) is 0. The molecule has 2 atom stereocenters. The number of rotatable bonds is 2. The minimum atomic E-state index is -1.54. The van der Waals surface area contributed by atoms with Gasteiger partial charge in [0.05, 0.1) is 0 Å². The van der Waals surface area contributed by atoms with Gasteiger partial charge in [0.25, 0.3) is 8.48 Å². The summed E-state index contributed by atoms with van der Waals surface area (Å²) in [5, 5.41) is 0. The third kappa shape index (κ3) is 1.25. The molecule has 0 aromatic heterocycles. The molecule has 1 fully saturated rings. The first-order chi connectivity index (χ1) is 5.17. The second kappa shape index (κ2) is 3.25. The van der Waals surface area contributed by atoms with Crippen LogP contribution in [0.1, 0.15) is 26.7 Å². The fraction of sp³-hybridized carbons (Fsp3) is 1.00. The highest BCUT2D eigenvalue weighted by atomic mass is 28.4. The predicted octanol–water partition coefficient (Wildman–Crippen LogP) is 1.87. The molecule has 1 saturated heterocycles. The highest BCUT2D eigenvalue weighted by molar-refractivity contribution is 6.74. The van der Waals surface area contributed by atoms with Gasteiger partial charge in [0.15, 0.2) is 0 Å². The second-order valence-electron chi connectivity index (χ2n) is 3.63. The van der Waals surface area contributed by atoms with Crippen LogP contribution in [0.4, 0.5) is 0 Å². The monoisotopic (exact) mass is 173 g/mol. The largest absolute Gasteiger partial charge is 0.406 e. The zero-order valence-electron chi connectivity index (χ0n) is 7.98. The lowest BCUT2D eigenvalue weighted by Crippen LogP contribution is -2.53. The maximum absolute atomic E-state index is 5.70. The van der Waals surface area contributed by atoms with Gasteiger partial charge in [-0.05, 0) is 31.0 Å². The predicted molar refractivity (Wildman–Crippen MR) is 49.9 cm³/mol. The summed E-state index contributed by atoms with van der Waals surface area (Å²) < 4.78 is 5.70. The van der Waals surface area contributed by atoms with Crippen molar-refractivity contribution in [1.82, 2.24) is 4.98 Å². The summed E-state index contributed by atoms with van der Waals surface area (Å²) in [5.74, 6) is 0. The quantitative estimate of drug-likeness (QED) is 0.644. The summed E-state index contributed by atoms with van der Waals surface area (Å²) in [7, 11) is 2.37. The molecule has 0 aromatic carbocycles. The Bertz CT molecular complexity index is 124. The standard InChI is InChI=1S/C8H19NOSi/c1-7-5-6-8(2)11(7,9-3)10-4/h7-9H,5-6H2,1-4H3. The van der Waals surface area contributed by atoms with E-state index in [-0.39, 0.29) is 0 Å². The molecule has 0 aliphatic carbocycles. The van der Waals surface area contributed by atoms with Crippen molar-refractivity contribution in [3.63, 3.8) is 0 Å². The van der Waals surface area contributed by atoms with E-state index in [9.17, 15) is 0 Å². The molecule has 1 rings (SSSR count). The number of hydrogen-bond donors (Lipinski definition) is 1. The molecule has 0 amide bonds. The molecule has 0 saturated carbocycles. The van der Waals surface area contributed by atoms with Crippen LogP contribution < -0.4 is 4.98 Å². The van der Waals surface area contributed by atoms with Crippen LogP contribution in [0, 0.1) is 0 Å². The van der Waals surface area contributed by atoms with Crippen molar-refractivity contribution in [2.45, 2.75) is 37.8 Å². The molecule has 1 aliphatic rings. The van der Waals surface area contributed by atoms with Gasteiger partial charge in [0.1, 0.15) is 0 Å². The number of nitrogens with one attached hydrogen (secondary N) is 1. The van der Waals surface area contributed by atoms with Crippen LogP contribution in [-0.4, -0.2) is 22.6 Å². The fourth-order valence-corrected chi connectivity index (χ4v) is 6.57. The van der Waals surface area contributed by atoms with E-state index in [2.05, 4.69) is 18.8 Å². The molecule has 2 nitrogen and oxygen atoms in total. The average Bonchev–Trinajstić information content (AvgIpc) is 2.29. The normalized spacial score (nSPS) is 44.7. The van der Waals surface area contributed by atoms with Crippen LogP contribution in [0.3, 0.4) is 0 Å². The van der Waals surface area contributed by atoms with Gasteiger partial charge in [-0.15, -0.1) is 0 Å².